The van der Waals surface area contributed by atoms with Gasteiger partial charge in [0.25, 0.3) is 5.91 Å². The third-order valence-electron chi connectivity index (χ3n) is 5.92. The van der Waals surface area contributed by atoms with E-state index in [1.54, 1.807) is 13.3 Å². The summed E-state index contributed by atoms with van der Waals surface area (Å²) >= 11 is 0. The van der Waals surface area contributed by atoms with Gasteiger partial charge in [-0.2, -0.15) is 0 Å². The second-order valence-electron chi connectivity index (χ2n) is 7.76. The summed E-state index contributed by atoms with van der Waals surface area (Å²) in [6, 6.07) is 12.0. The van der Waals surface area contributed by atoms with E-state index >= 15 is 0 Å². The van der Waals surface area contributed by atoms with Crippen molar-refractivity contribution in [2.75, 3.05) is 56.2 Å². The Morgan fingerprint density at radius 1 is 0.862 bits per heavy atom. The van der Waals surface area contributed by atoms with E-state index in [1.807, 2.05) is 35.2 Å². The van der Waals surface area contributed by atoms with Gasteiger partial charge in [0.1, 0.15) is 11.6 Å². The van der Waals surface area contributed by atoms with Crippen molar-refractivity contribution < 1.29 is 9.53 Å². The van der Waals surface area contributed by atoms with Gasteiger partial charge in [-0.3, -0.25) is 4.79 Å². The van der Waals surface area contributed by atoms with Gasteiger partial charge in [-0.05, 0) is 37.1 Å². The third kappa shape index (κ3) is 4.47. The average molecular weight is 395 g/mol. The molecular formula is C23H30N4O2. The summed E-state index contributed by atoms with van der Waals surface area (Å²) in [6.07, 6.45) is 6.79. The maximum Gasteiger partial charge on any atom is 0.255 e. The Bertz CT molecular complexity index is 808. The Morgan fingerprint density at radius 2 is 1.59 bits per heavy atom. The van der Waals surface area contributed by atoms with E-state index < -0.39 is 0 Å². The van der Waals surface area contributed by atoms with Crippen LogP contribution in [0.4, 0.5) is 11.5 Å². The number of rotatable bonds is 4. The zero-order chi connectivity index (χ0) is 20.1. The number of pyridine rings is 1. The second-order valence-corrected chi connectivity index (χ2v) is 7.76. The first-order chi connectivity index (χ1) is 14.3. The van der Waals surface area contributed by atoms with Crippen LogP contribution in [0.3, 0.4) is 0 Å². The number of nitrogens with zero attached hydrogens (tertiary/aromatic N) is 4. The number of anilines is 2. The third-order valence-corrected chi connectivity index (χ3v) is 5.92. The van der Waals surface area contributed by atoms with Crippen LogP contribution in [0, 0.1) is 0 Å². The number of carbonyl (C=O) groups is 1. The fourth-order valence-corrected chi connectivity index (χ4v) is 4.22. The number of amides is 1. The molecule has 0 spiro atoms. The summed E-state index contributed by atoms with van der Waals surface area (Å²) in [5.41, 5.74) is 1.76. The van der Waals surface area contributed by atoms with Crippen molar-refractivity contribution in [3.8, 4) is 5.75 Å². The molecule has 2 fully saturated rings. The predicted molar refractivity (Wildman–Crippen MR) is 116 cm³/mol. The molecule has 1 amide bonds. The Hall–Kier alpha value is -2.76. The molecule has 0 bridgehead atoms. The van der Waals surface area contributed by atoms with Crippen LogP contribution in [0.25, 0.3) is 0 Å². The van der Waals surface area contributed by atoms with Crippen molar-refractivity contribution in [1.82, 2.24) is 9.88 Å². The number of hydrogen-bond acceptors (Lipinski definition) is 5. The van der Waals surface area contributed by atoms with Crippen LogP contribution in [0.5, 0.6) is 5.75 Å². The first-order valence-electron chi connectivity index (χ1n) is 10.6. The van der Waals surface area contributed by atoms with Crippen molar-refractivity contribution in [2.24, 2.45) is 0 Å². The van der Waals surface area contributed by atoms with Crippen LogP contribution in [0.2, 0.25) is 0 Å². The van der Waals surface area contributed by atoms with E-state index in [-0.39, 0.29) is 5.91 Å². The number of aromatic nitrogens is 1. The molecule has 1 aromatic heterocycles. The van der Waals surface area contributed by atoms with Gasteiger partial charge in [0.2, 0.25) is 0 Å². The van der Waals surface area contributed by atoms with E-state index in [0.29, 0.717) is 18.7 Å². The predicted octanol–water partition coefficient (Wildman–Crippen LogP) is 3.43. The number of carbonyl (C=O) groups excluding carboxylic acids is 1. The lowest BCUT2D eigenvalue weighted by Crippen LogP contribution is -2.48. The molecule has 6 heteroatoms. The SMILES string of the molecule is COc1ccccc1N1CCN(C(=O)c2ccc(N3CCCCCC3)nc2)CC1. The normalized spacial score (nSPS) is 17.8. The van der Waals surface area contributed by atoms with Crippen LogP contribution < -0.4 is 14.5 Å². The van der Waals surface area contributed by atoms with Gasteiger partial charge in [0.05, 0.1) is 18.4 Å². The van der Waals surface area contributed by atoms with Crippen molar-refractivity contribution in [3.63, 3.8) is 0 Å². The molecule has 0 saturated carbocycles. The zero-order valence-electron chi connectivity index (χ0n) is 17.2. The molecule has 0 unspecified atom stereocenters. The van der Waals surface area contributed by atoms with Crippen molar-refractivity contribution >= 4 is 17.4 Å². The lowest BCUT2D eigenvalue weighted by molar-refractivity contribution is 0.0746. The number of benzene rings is 1. The second kappa shape index (κ2) is 9.16. The highest BCUT2D eigenvalue weighted by atomic mass is 16.5. The highest BCUT2D eigenvalue weighted by Crippen LogP contribution is 2.28. The van der Waals surface area contributed by atoms with Crippen molar-refractivity contribution in [1.29, 1.82) is 0 Å². The highest BCUT2D eigenvalue weighted by molar-refractivity contribution is 5.94. The first-order valence-corrected chi connectivity index (χ1v) is 10.6. The lowest BCUT2D eigenvalue weighted by Gasteiger charge is -2.36. The van der Waals surface area contributed by atoms with Crippen LogP contribution in [-0.2, 0) is 0 Å². The van der Waals surface area contributed by atoms with Gasteiger partial charge in [0.15, 0.2) is 0 Å². The zero-order valence-corrected chi connectivity index (χ0v) is 17.2. The highest BCUT2D eigenvalue weighted by Gasteiger charge is 2.24. The van der Waals surface area contributed by atoms with Gasteiger partial charge in [-0.1, -0.05) is 25.0 Å². The fraction of sp³-hybridized carbons (Fsp3) is 0.478. The Balaban J connectivity index is 1.37. The monoisotopic (exact) mass is 394 g/mol. The smallest absolute Gasteiger partial charge is 0.255 e. The van der Waals surface area contributed by atoms with E-state index in [1.165, 1.54) is 25.7 Å². The summed E-state index contributed by atoms with van der Waals surface area (Å²) in [7, 11) is 1.70. The fourth-order valence-electron chi connectivity index (χ4n) is 4.22. The molecule has 1 aromatic carbocycles. The quantitative estimate of drug-likeness (QED) is 0.795. The number of methoxy groups -OCH3 is 1. The van der Waals surface area contributed by atoms with E-state index in [2.05, 4.69) is 20.9 Å². The Kier molecular flexibility index (Phi) is 6.17. The molecule has 2 saturated heterocycles. The summed E-state index contributed by atoms with van der Waals surface area (Å²) in [5.74, 6) is 1.93. The molecule has 154 valence electrons. The molecule has 4 rings (SSSR count). The van der Waals surface area contributed by atoms with Crippen molar-refractivity contribution in [3.05, 3.63) is 48.2 Å². The van der Waals surface area contributed by atoms with Crippen LogP contribution in [-0.4, -0.2) is 62.2 Å². The maximum atomic E-state index is 12.9. The van der Waals surface area contributed by atoms with E-state index in [4.69, 9.17) is 4.74 Å². The van der Waals surface area contributed by atoms with Crippen LogP contribution in [0.15, 0.2) is 42.6 Å². The largest absolute Gasteiger partial charge is 0.495 e. The molecule has 29 heavy (non-hydrogen) atoms. The molecule has 2 aromatic rings. The average Bonchev–Trinajstić information content (AvgIpc) is 3.08. The standard InChI is InChI=1S/C23H30N4O2/c1-29-21-9-5-4-8-20(21)25-14-16-27(17-15-25)23(28)19-10-11-22(24-18-19)26-12-6-2-3-7-13-26/h4-5,8-11,18H,2-3,6-7,12-17H2,1H3. The number of piperazine rings is 1. The Labute approximate surface area is 173 Å². The minimum absolute atomic E-state index is 0.0691. The minimum atomic E-state index is 0.0691. The molecule has 2 aliphatic rings. The summed E-state index contributed by atoms with van der Waals surface area (Å²) in [4.78, 5) is 24.1. The molecule has 6 nitrogen and oxygen atoms in total. The Morgan fingerprint density at radius 3 is 2.24 bits per heavy atom. The van der Waals surface area contributed by atoms with Crippen LogP contribution >= 0.6 is 0 Å². The summed E-state index contributed by atoms with van der Waals surface area (Å²) in [5, 5.41) is 0. The van der Waals surface area contributed by atoms with E-state index in [0.717, 1.165) is 43.4 Å². The summed E-state index contributed by atoms with van der Waals surface area (Å²) in [6.45, 7) is 5.11. The topological polar surface area (TPSA) is 48.9 Å². The molecule has 3 heterocycles. The van der Waals surface area contributed by atoms with Gasteiger partial charge in [0, 0.05) is 45.5 Å². The van der Waals surface area contributed by atoms with E-state index in [9.17, 15) is 4.79 Å². The minimum Gasteiger partial charge on any atom is -0.495 e. The molecular weight excluding hydrogens is 364 g/mol. The molecule has 0 N–H and O–H groups in total. The van der Waals surface area contributed by atoms with Crippen LogP contribution in [0.1, 0.15) is 36.0 Å². The number of ether oxygens (including phenoxy) is 1. The van der Waals surface area contributed by atoms with Gasteiger partial charge >= 0.3 is 0 Å². The first kappa shape index (κ1) is 19.6. The lowest BCUT2D eigenvalue weighted by atomic mass is 10.2. The molecule has 2 aliphatic heterocycles. The number of hydrogen-bond donors (Lipinski definition) is 0. The molecule has 0 radical (unpaired) electrons. The van der Waals surface area contributed by atoms with Gasteiger partial charge in [-0.25, -0.2) is 4.98 Å². The van der Waals surface area contributed by atoms with Gasteiger partial charge < -0.3 is 19.4 Å². The maximum absolute atomic E-state index is 12.9. The summed E-state index contributed by atoms with van der Waals surface area (Å²) < 4.78 is 5.48. The molecule has 0 aliphatic carbocycles. The number of para-hydroxylation sites is 2. The van der Waals surface area contributed by atoms with Crippen molar-refractivity contribution in [2.45, 2.75) is 25.7 Å². The van der Waals surface area contributed by atoms with Gasteiger partial charge in [-0.15, -0.1) is 0 Å². The molecule has 0 atom stereocenters.